The topological polar surface area (TPSA) is 81.5 Å². The molecule has 0 saturated carbocycles. The van der Waals surface area contributed by atoms with Gasteiger partial charge in [0, 0.05) is 22.8 Å². The summed E-state index contributed by atoms with van der Waals surface area (Å²) in [6, 6.07) is 10.8. The third kappa shape index (κ3) is 4.20. The number of benzene rings is 2. The van der Waals surface area contributed by atoms with Crippen LogP contribution in [0.2, 0.25) is 5.02 Å². The largest absolute Gasteiger partial charge is 0.481 e. The molecule has 0 aliphatic rings. The summed E-state index contributed by atoms with van der Waals surface area (Å²) in [5.74, 6) is 0.0368. The van der Waals surface area contributed by atoms with Crippen LogP contribution in [0.5, 0.6) is 5.75 Å². The zero-order valence-corrected chi connectivity index (χ0v) is 13.3. The van der Waals surface area contributed by atoms with Gasteiger partial charge in [0.05, 0.1) is 4.92 Å². The number of ether oxygens (including phenoxy) is 1. The molecule has 0 fully saturated rings. The molecule has 0 aliphatic carbocycles. The molecule has 0 aliphatic heterocycles. The van der Waals surface area contributed by atoms with Crippen LogP contribution in [-0.4, -0.2) is 16.9 Å². The number of halogens is 1. The first kappa shape index (κ1) is 16.8. The van der Waals surface area contributed by atoms with Crippen LogP contribution in [-0.2, 0) is 4.79 Å². The number of anilines is 1. The highest BCUT2D eigenvalue weighted by atomic mass is 35.5. The van der Waals surface area contributed by atoms with E-state index >= 15 is 0 Å². The summed E-state index contributed by atoms with van der Waals surface area (Å²) >= 11 is 6.01. The lowest BCUT2D eigenvalue weighted by Gasteiger charge is -2.16. The molecular weight excluding hydrogens is 320 g/mol. The molecule has 7 heteroatoms. The van der Waals surface area contributed by atoms with Gasteiger partial charge in [0.25, 0.3) is 11.6 Å². The van der Waals surface area contributed by atoms with Gasteiger partial charge < -0.3 is 10.1 Å². The van der Waals surface area contributed by atoms with E-state index in [2.05, 4.69) is 5.32 Å². The Bertz CT molecular complexity index is 731. The number of carbonyl (C=O) groups excluding carboxylic acids is 1. The van der Waals surface area contributed by atoms with Crippen LogP contribution in [0, 0.1) is 17.0 Å². The fraction of sp³-hybridized carbons (Fsp3) is 0.188. The van der Waals surface area contributed by atoms with Gasteiger partial charge in [-0.1, -0.05) is 17.7 Å². The van der Waals surface area contributed by atoms with Crippen molar-refractivity contribution in [3.63, 3.8) is 0 Å². The molecule has 23 heavy (non-hydrogen) atoms. The Morgan fingerprint density at radius 1 is 1.26 bits per heavy atom. The average Bonchev–Trinajstić information content (AvgIpc) is 2.52. The number of hydrogen-bond acceptors (Lipinski definition) is 4. The number of non-ortho nitro benzene ring substituents is 1. The zero-order chi connectivity index (χ0) is 17.0. The molecule has 6 nitrogen and oxygen atoms in total. The molecule has 0 aromatic heterocycles. The zero-order valence-electron chi connectivity index (χ0n) is 12.6. The van der Waals surface area contributed by atoms with E-state index in [4.69, 9.17) is 16.3 Å². The Kier molecular flexibility index (Phi) is 5.18. The fourth-order valence-corrected chi connectivity index (χ4v) is 2.06. The van der Waals surface area contributed by atoms with Gasteiger partial charge in [0.15, 0.2) is 6.10 Å². The van der Waals surface area contributed by atoms with Crippen LogP contribution in [0.25, 0.3) is 0 Å². The van der Waals surface area contributed by atoms with E-state index in [1.807, 2.05) is 0 Å². The molecule has 0 spiro atoms. The highest BCUT2D eigenvalue weighted by Crippen LogP contribution is 2.23. The van der Waals surface area contributed by atoms with Crippen LogP contribution in [0.4, 0.5) is 11.4 Å². The second kappa shape index (κ2) is 7.11. The lowest BCUT2D eigenvalue weighted by Crippen LogP contribution is -2.30. The number of nitrogens with zero attached hydrogens (tertiary/aromatic N) is 1. The van der Waals surface area contributed by atoms with Gasteiger partial charge in [0.1, 0.15) is 5.75 Å². The molecule has 2 aromatic carbocycles. The Labute approximate surface area is 138 Å². The van der Waals surface area contributed by atoms with Crippen LogP contribution in [0.1, 0.15) is 12.5 Å². The van der Waals surface area contributed by atoms with Gasteiger partial charge in [-0.2, -0.15) is 0 Å². The monoisotopic (exact) mass is 334 g/mol. The van der Waals surface area contributed by atoms with Gasteiger partial charge in [-0.05, 0) is 43.7 Å². The Morgan fingerprint density at radius 2 is 1.91 bits per heavy atom. The van der Waals surface area contributed by atoms with Crippen molar-refractivity contribution in [1.82, 2.24) is 0 Å². The summed E-state index contributed by atoms with van der Waals surface area (Å²) < 4.78 is 5.49. The average molecular weight is 335 g/mol. The van der Waals surface area contributed by atoms with Gasteiger partial charge in [0.2, 0.25) is 0 Å². The van der Waals surface area contributed by atoms with E-state index in [1.165, 1.54) is 24.3 Å². The van der Waals surface area contributed by atoms with Crippen molar-refractivity contribution < 1.29 is 14.5 Å². The first-order valence-corrected chi connectivity index (χ1v) is 7.23. The quantitative estimate of drug-likeness (QED) is 0.662. The second-order valence-electron chi connectivity index (χ2n) is 4.91. The Balaban J connectivity index is 2.02. The molecule has 1 atom stereocenters. The number of nitrogens with one attached hydrogen (secondary N) is 1. The van der Waals surface area contributed by atoms with E-state index in [0.29, 0.717) is 16.5 Å². The van der Waals surface area contributed by atoms with Crippen LogP contribution < -0.4 is 10.1 Å². The van der Waals surface area contributed by atoms with E-state index in [-0.39, 0.29) is 11.6 Å². The van der Waals surface area contributed by atoms with Crippen molar-refractivity contribution in [2.24, 2.45) is 0 Å². The highest BCUT2D eigenvalue weighted by molar-refractivity contribution is 6.31. The maximum absolute atomic E-state index is 12.2. The summed E-state index contributed by atoms with van der Waals surface area (Å²) in [4.78, 5) is 22.3. The van der Waals surface area contributed by atoms with Gasteiger partial charge in [-0.15, -0.1) is 0 Å². The summed E-state index contributed by atoms with van der Waals surface area (Å²) in [5, 5.41) is 13.9. The number of carbonyl (C=O) groups is 1. The normalized spacial score (nSPS) is 11.6. The first-order chi connectivity index (χ1) is 10.9. The fourth-order valence-electron chi connectivity index (χ4n) is 1.88. The maximum Gasteiger partial charge on any atom is 0.269 e. The molecule has 2 rings (SSSR count). The highest BCUT2D eigenvalue weighted by Gasteiger charge is 2.16. The van der Waals surface area contributed by atoms with Crippen molar-refractivity contribution in [2.45, 2.75) is 20.0 Å². The Morgan fingerprint density at radius 3 is 2.52 bits per heavy atom. The smallest absolute Gasteiger partial charge is 0.269 e. The molecule has 0 radical (unpaired) electrons. The van der Waals surface area contributed by atoms with Gasteiger partial charge >= 0.3 is 0 Å². The SMILES string of the molecule is Cc1c(Cl)cccc1NC(=O)[C@H](C)Oc1ccc([N+](=O)[O-])cc1. The lowest BCUT2D eigenvalue weighted by atomic mass is 10.2. The standard InChI is InChI=1S/C16H15ClN2O4/c1-10-14(17)4-3-5-15(10)18-16(20)11(2)23-13-8-6-12(7-9-13)19(21)22/h3-9,11H,1-2H3,(H,18,20)/t11-/m0/s1. The predicted octanol–water partition coefficient (Wildman–Crippen LogP) is 3.96. The third-order valence-corrected chi connectivity index (χ3v) is 3.66. The molecule has 1 amide bonds. The van der Waals surface area contributed by atoms with Crippen molar-refractivity contribution in [1.29, 1.82) is 0 Å². The van der Waals surface area contributed by atoms with E-state index < -0.39 is 11.0 Å². The minimum atomic E-state index is -0.769. The minimum absolute atomic E-state index is 0.0380. The first-order valence-electron chi connectivity index (χ1n) is 6.85. The van der Waals surface area contributed by atoms with Crippen LogP contribution >= 0.6 is 11.6 Å². The molecule has 0 saturated heterocycles. The third-order valence-electron chi connectivity index (χ3n) is 3.26. The van der Waals surface area contributed by atoms with Crippen molar-refractivity contribution in [3.8, 4) is 5.75 Å². The van der Waals surface area contributed by atoms with Gasteiger partial charge in [-0.3, -0.25) is 14.9 Å². The number of hydrogen-bond donors (Lipinski definition) is 1. The summed E-state index contributed by atoms with van der Waals surface area (Å²) in [6.07, 6.45) is -0.769. The molecule has 2 aromatic rings. The van der Waals surface area contributed by atoms with Crippen molar-refractivity contribution in [2.75, 3.05) is 5.32 Å². The molecule has 0 bridgehead atoms. The Hall–Kier alpha value is -2.60. The van der Waals surface area contributed by atoms with Crippen molar-refractivity contribution in [3.05, 3.63) is 63.2 Å². The summed E-state index contributed by atoms with van der Waals surface area (Å²) in [7, 11) is 0. The molecule has 120 valence electrons. The minimum Gasteiger partial charge on any atom is -0.481 e. The molecule has 0 heterocycles. The van der Waals surface area contributed by atoms with Crippen LogP contribution in [0.15, 0.2) is 42.5 Å². The lowest BCUT2D eigenvalue weighted by molar-refractivity contribution is -0.384. The van der Waals surface area contributed by atoms with E-state index in [1.54, 1.807) is 32.0 Å². The van der Waals surface area contributed by atoms with Gasteiger partial charge in [-0.25, -0.2) is 0 Å². The number of nitro benzene ring substituents is 1. The molecular formula is C16H15ClN2O4. The summed E-state index contributed by atoms with van der Waals surface area (Å²) in [6.45, 7) is 3.40. The predicted molar refractivity (Wildman–Crippen MR) is 88.0 cm³/mol. The molecule has 0 unspecified atom stereocenters. The summed E-state index contributed by atoms with van der Waals surface area (Å²) in [5.41, 5.74) is 1.34. The molecule has 1 N–H and O–H groups in total. The second-order valence-corrected chi connectivity index (χ2v) is 5.32. The van der Waals surface area contributed by atoms with Crippen LogP contribution in [0.3, 0.4) is 0 Å². The van der Waals surface area contributed by atoms with E-state index in [9.17, 15) is 14.9 Å². The number of rotatable bonds is 5. The number of amides is 1. The maximum atomic E-state index is 12.2. The van der Waals surface area contributed by atoms with E-state index in [0.717, 1.165) is 5.56 Å². The van der Waals surface area contributed by atoms with Crippen molar-refractivity contribution >= 4 is 28.9 Å². The number of nitro groups is 1.